The number of ether oxygens (including phenoxy) is 1. The quantitative estimate of drug-likeness (QED) is 0.342. The zero-order valence-electron chi connectivity index (χ0n) is 22.0. The van der Waals surface area contributed by atoms with Crippen LogP contribution in [0, 0.1) is 5.92 Å². The Balaban J connectivity index is 1.20. The van der Waals surface area contributed by atoms with Crippen LogP contribution in [0.25, 0.3) is 5.69 Å². The lowest BCUT2D eigenvalue weighted by Crippen LogP contribution is -2.64. The predicted octanol–water partition coefficient (Wildman–Crippen LogP) is 4.93. The fourth-order valence-electron chi connectivity index (χ4n) is 6.91. The molecule has 2 atom stereocenters. The third kappa shape index (κ3) is 4.73. The minimum Gasteiger partial charge on any atom is -0.454 e. The molecule has 0 spiro atoms. The molecule has 37 heavy (non-hydrogen) atoms. The minimum absolute atomic E-state index is 0.0213. The molecule has 2 bridgehead atoms. The molecule has 5 heterocycles. The van der Waals surface area contributed by atoms with Gasteiger partial charge in [-0.15, -0.1) is 0 Å². The molecule has 4 saturated heterocycles. The maximum absolute atomic E-state index is 14.0. The molecule has 0 amide bonds. The summed E-state index contributed by atoms with van der Waals surface area (Å²) in [4.78, 5) is 16.4. The zero-order valence-corrected chi connectivity index (χ0v) is 22.0. The Bertz CT molecular complexity index is 1200. The van der Waals surface area contributed by atoms with E-state index < -0.39 is 5.54 Å². The molecule has 3 aromatic rings. The molecule has 1 aromatic heterocycles. The summed E-state index contributed by atoms with van der Waals surface area (Å²) in [5.41, 5.74) is 2.63. The molecule has 4 aliphatic rings. The Morgan fingerprint density at radius 2 is 1.68 bits per heavy atom. The van der Waals surface area contributed by atoms with Gasteiger partial charge in [-0.3, -0.25) is 4.90 Å². The highest BCUT2D eigenvalue weighted by molar-refractivity contribution is 5.82. The van der Waals surface area contributed by atoms with Crippen molar-refractivity contribution in [1.29, 1.82) is 0 Å². The van der Waals surface area contributed by atoms with Crippen molar-refractivity contribution in [3.63, 3.8) is 0 Å². The second-order valence-corrected chi connectivity index (χ2v) is 11.5. The summed E-state index contributed by atoms with van der Waals surface area (Å²) in [6.07, 6.45) is 9.90. The van der Waals surface area contributed by atoms with Crippen LogP contribution >= 0.6 is 0 Å². The number of nitrogens with zero attached hydrogens (tertiary/aromatic N) is 4. The third-order valence-electron chi connectivity index (χ3n) is 9.20. The molecule has 0 saturated carbocycles. The summed E-state index contributed by atoms with van der Waals surface area (Å²) in [7, 11) is 0. The number of fused-ring (bicyclic) bond motifs is 3. The van der Waals surface area contributed by atoms with Crippen LogP contribution in [0.1, 0.15) is 50.2 Å². The number of hydrogen-bond donors (Lipinski definition) is 0. The smallest absolute Gasteiger partial charge is 0.331 e. The van der Waals surface area contributed by atoms with Gasteiger partial charge in [0, 0.05) is 30.5 Å². The highest BCUT2D eigenvalue weighted by Crippen LogP contribution is 2.39. The number of aromatic nitrogens is 2. The van der Waals surface area contributed by atoms with Crippen molar-refractivity contribution < 1.29 is 14.0 Å². The highest BCUT2D eigenvalue weighted by atomic mass is 16.5. The van der Waals surface area contributed by atoms with Gasteiger partial charge in [0.25, 0.3) is 0 Å². The number of esters is 1. The van der Waals surface area contributed by atoms with Crippen LogP contribution in [-0.2, 0) is 21.6 Å². The Labute approximate surface area is 220 Å². The third-order valence-corrected chi connectivity index (χ3v) is 9.20. The summed E-state index contributed by atoms with van der Waals surface area (Å²) < 4.78 is 9.47. The van der Waals surface area contributed by atoms with E-state index in [0.29, 0.717) is 5.92 Å². The van der Waals surface area contributed by atoms with Crippen LogP contribution in [0.3, 0.4) is 0 Å². The first-order chi connectivity index (χ1) is 18.1. The Morgan fingerprint density at radius 3 is 2.38 bits per heavy atom. The number of benzene rings is 2. The molecular weight excluding hydrogens is 460 g/mol. The van der Waals surface area contributed by atoms with Crippen molar-refractivity contribution in [2.45, 2.75) is 57.2 Å². The number of para-hydroxylation sites is 1. The average molecular weight is 500 g/mol. The summed E-state index contributed by atoms with van der Waals surface area (Å²) in [5.74, 6) is 0.395. The van der Waals surface area contributed by atoms with Gasteiger partial charge < -0.3 is 9.22 Å². The molecule has 6 nitrogen and oxygen atoms in total. The van der Waals surface area contributed by atoms with Crippen LogP contribution in [-0.4, -0.2) is 64.0 Å². The Morgan fingerprint density at radius 1 is 1.00 bits per heavy atom. The van der Waals surface area contributed by atoms with E-state index in [1.165, 1.54) is 12.0 Å². The molecule has 0 radical (unpaired) electrons. The summed E-state index contributed by atoms with van der Waals surface area (Å²) in [6.45, 7) is 8.11. The second kappa shape index (κ2) is 10.1. The molecule has 7 rings (SSSR count). The lowest BCUT2D eigenvalue weighted by molar-refractivity contribution is -0.958. The van der Waals surface area contributed by atoms with Crippen molar-refractivity contribution in [2.24, 2.45) is 5.92 Å². The van der Waals surface area contributed by atoms with Gasteiger partial charge in [0.1, 0.15) is 18.6 Å². The van der Waals surface area contributed by atoms with Crippen molar-refractivity contribution in [3.8, 4) is 5.69 Å². The molecule has 0 unspecified atom stereocenters. The van der Waals surface area contributed by atoms with Crippen LogP contribution < -0.4 is 0 Å². The number of carbonyl (C=O) groups is 1. The number of quaternary nitrogens is 1. The molecule has 194 valence electrons. The largest absolute Gasteiger partial charge is 0.454 e. The topological polar surface area (TPSA) is 47.4 Å². The van der Waals surface area contributed by atoms with E-state index in [0.717, 1.165) is 80.7 Å². The van der Waals surface area contributed by atoms with Gasteiger partial charge in [0.15, 0.2) is 6.10 Å². The summed E-state index contributed by atoms with van der Waals surface area (Å²) in [6, 6.07) is 20.5. The van der Waals surface area contributed by atoms with E-state index in [1.807, 2.05) is 47.3 Å². The van der Waals surface area contributed by atoms with Gasteiger partial charge in [-0.2, -0.15) is 5.10 Å². The van der Waals surface area contributed by atoms with Gasteiger partial charge in [-0.1, -0.05) is 55.0 Å². The summed E-state index contributed by atoms with van der Waals surface area (Å²) >= 11 is 0. The van der Waals surface area contributed by atoms with Gasteiger partial charge in [-0.05, 0) is 50.6 Å². The van der Waals surface area contributed by atoms with Crippen molar-refractivity contribution >= 4 is 5.97 Å². The lowest BCUT2D eigenvalue weighted by Gasteiger charge is -2.52. The standard InChI is InChI=1S/C31H39N4O2/c1-31(27-11-5-2-6-12-27,33-17-9-4-10-18-33)30(36)37-29-24-35(19-15-26(29)16-20-35)23-25-21-32-34(22-25)28-13-7-3-8-14-28/h2-3,5-8,11-14,21-22,26,29H,4,9-10,15-20,23-24H2,1H3/q+1/t26?,29-,31-,35?/m0/s1. The predicted molar refractivity (Wildman–Crippen MR) is 144 cm³/mol. The normalized spacial score (nSPS) is 27.5. The van der Waals surface area contributed by atoms with Crippen molar-refractivity contribution in [3.05, 3.63) is 84.2 Å². The summed E-state index contributed by atoms with van der Waals surface area (Å²) in [5, 5.41) is 4.63. The maximum atomic E-state index is 14.0. The number of likely N-dealkylation sites (tertiary alicyclic amines) is 1. The minimum atomic E-state index is -0.741. The molecule has 6 heteroatoms. The number of carbonyl (C=O) groups excluding carboxylic acids is 1. The first-order valence-electron chi connectivity index (χ1n) is 14.0. The van der Waals surface area contributed by atoms with Crippen molar-refractivity contribution in [1.82, 2.24) is 14.7 Å². The molecule has 2 aromatic carbocycles. The molecule has 0 aliphatic carbocycles. The van der Waals surface area contributed by atoms with Gasteiger partial charge in [0.05, 0.1) is 25.0 Å². The Hall–Kier alpha value is -2.96. The highest BCUT2D eigenvalue weighted by Gasteiger charge is 2.50. The first kappa shape index (κ1) is 24.4. The molecule has 0 N–H and O–H groups in total. The fourth-order valence-corrected chi connectivity index (χ4v) is 6.91. The maximum Gasteiger partial charge on any atom is 0.331 e. The van der Waals surface area contributed by atoms with E-state index in [2.05, 4.69) is 47.4 Å². The molecule has 4 fully saturated rings. The van der Waals surface area contributed by atoms with E-state index in [4.69, 9.17) is 4.74 Å². The van der Waals surface area contributed by atoms with Crippen LogP contribution in [0.2, 0.25) is 0 Å². The van der Waals surface area contributed by atoms with Gasteiger partial charge in [-0.25, -0.2) is 9.48 Å². The van der Waals surface area contributed by atoms with Crippen molar-refractivity contribution in [2.75, 3.05) is 32.7 Å². The Kier molecular flexibility index (Phi) is 6.63. The van der Waals surface area contributed by atoms with E-state index in [1.54, 1.807) is 0 Å². The average Bonchev–Trinajstić information content (AvgIpc) is 3.42. The molecular formula is C31H39N4O2+. The lowest BCUT2D eigenvalue weighted by atomic mass is 9.82. The van der Waals surface area contributed by atoms with E-state index >= 15 is 0 Å². The number of piperidine rings is 4. The van der Waals surface area contributed by atoms with Gasteiger partial charge in [0.2, 0.25) is 0 Å². The fraction of sp³-hybridized carbons (Fsp3) is 0.484. The zero-order chi connectivity index (χ0) is 25.3. The number of rotatable bonds is 7. The van der Waals surface area contributed by atoms with Crippen LogP contribution in [0.15, 0.2) is 73.1 Å². The van der Waals surface area contributed by atoms with Crippen LogP contribution in [0.5, 0.6) is 0 Å². The van der Waals surface area contributed by atoms with E-state index in [9.17, 15) is 4.79 Å². The second-order valence-electron chi connectivity index (χ2n) is 11.5. The SMILES string of the molecule is C[C@@](C(=O)O[C@H]1C[N+]2(Cc3cnn(-c4ccccc4)c3)CCC1CC2)(c1ccccc1)N1CCCCC1. The number of hydrogen-bond acceptors (Lipinski definition) is 4. The van der Waals surface area contributed by atoms with E-state index in [-0.39, 0.29) is 12.1 Å². The molecule has 4 aliphatic heterocycles. The monoisotopic (exact) mass is 499 g/mol. The van der Waals surface area contributed by atoms with Gasteiger partial charge >= 0.3 is 5.97 Å². The van der Waals surface area contributed by atoms with Crippen LogP contribution in [0.4, 0.5) is 0 Å². The first-order valence-corrected chi connectivity index (χ1v) is 14.0.